The number of hydrogen-bond donors (Lipinski definition) is 2. The minimum absolute atomic E-state index is 0.376. The topological polar surface area (TPSA) is 62.5 Å². The molecule has 0 saturated heterocycles. The highest BCUT2D eigenvalue weighted by Gasteiger charge is 2.16. The van der Waals surface area contributed by atoms with E-state index in [-0.39, 0.29) is 0 Å². The molecule has 2 aromatic rings. The summed E-state index contributed by atoms with van der Waals surface area (Å²) in [6.07, 6.45) is 1.40. The van der Waals surface area contributed by atoms with Crippen molar-refractivity contribution in [3.8, 4) is 11.3 Å². The molecule has 0 fully saturated rings. The first-order valence-corrected chi connectivity index (χ1v) is 7.29. The summed E-state index contributed by atoms with van der Waals surface area (Å²) in [7, 11) is 0. The van der Waals surface area contributed by atoms with Crippen LogP contribution in [0.25, 0.3) is 11.3 Å². The molecule has 1 atom stereocenters. The lowest BCUT2D eigenvalue weighted by Crippen LogP contribution is -2.35. The Bertz CT molecular complexity index is 609. The van der Waals surface area contributed by atoms with Crippen LogP contribution in [0.1, 0.15) is 25.5 Å². The van der Waals surface area contributed by atoms with Gasteiger partial charge in [0.05, 0.1) is 11.6 Å². The van der Waals surface area contributed by atoms with Gasteiger partial charge in [0.15, 0.2) is 0 Å². The number of carboxylic acids is 1. The molecule has 1 unspecified atom stereocenters. The highest BCUT2D eigenvalue weighted by Crippen LogP contribution is 2.28. The molecule has 1 aromatic carbocycles. The molecule has 1 aromatic heterocycles. The molecule has 0 aliphatic carbocycles. The second-order valence-electron chi connectivity index (χ2n) is 4.81. The van der Waals surface area contributed by atoms with Gasteiger partial charge >= 0.3 is 5.97 Å². The van der Waals surface area contributed by atoms with Crippen LogP contribution in [0.4, 0.5) is 0 Å². The molecular formula is C16H18ClNO3. The van der Waals surface area contributed by atoms with Crippen molar-refractivity contribution in [3.05, 3.63) is 47.2 Å². The van der Waals surface area contributed by atoms with E-state index >= 15 is 0 Å². The molecule has 0 bridgehead atoms. The molecule has 0 spiro atoms. The predicted molar refractivity (Wildman–Crippen MR) is 82.3 cm³/mol. The van der Waals surface area contributed by atoms with Crippen LogP contribution in [0.5, 0.6) is 0 Å². The third-order valence-electron chi connectivity index (χ3n) is 3.20. The number of rotatable bonds is 7. The second kappa shape index (κ2) is 7.29. The summed E-state index contributed by atoms with van der Waals surface area (Å²) in [5.41, 5.74) is 0.828. The number of aliphatic carboxylic acids is 1. The zero-order valence-corrected chi connectivity index (χ0v) is 12.6. The number of nitrogens with one attached hydrogen (secondary N) is 1. The molecule has 2 rings (SSSR count). The molecule has 0 aliphatic heterocycles. The fourth-order valence-electron chi connectivity index (χ4n) is 2.10. The van der Waals surface area contributed by atoms with E-state index in [0.717, 1.165) is 12.0 Å². The van der Waals surface area contributed by atoms with Crippen LogP contribution in [0.15, 0.2) is 40.8 Å². The summed E-state index contributed by atoms with van der Waals surface area (Å²) < 4.78 is 5.72. The van der Waals surface area contributed by atoms with Gasteiger partial charge in [-0.2, -0.15) is 0 Å². The molecule has 0 amide bonds. The van der Waals surface area contributed by atoms with Crippen molar-refractivity contribution in [1.29, 1.82) is 0 Å². The number of furan rings is 1. The Hall–Kier alpha value is -1.78. The molecule has 0 saturated carbocycles. The van der Waals surface area contributed by atoms with Crippen molar-refractivity contribution < 1.29 is 14.3 Å². The van der Waals surface area contributed by atoms with Crippen molar-refractivity contribution in [1.82, 2.24) is 5.32 Å². The summed E-state index contributed by atoms with van der Waals surface area (Å²) in [5.74, 6) is 0.529. The largest absolute Gasteiger partial charge is 0.480 e. The van der Waals surface area contributed by atoms with E-state index in [1.54, 1.807) is 6.07 Å². The Kier molecular flexibility index (Phi) is 5.42. The van der Waals surface area contributed by atoms with Gasteiger partial charge in [0.25, 0.3) is 0 Å². The number of halogens is 1. The van der Waals surface area contributed by atoms with Gasteiger partial charge in [-0.05, 0) is 30.7 Å². The lowest BCUT2D eigenvalue weighted by atomic mass is 10.1. The van der Waals surface area contributed by atoms with Gasteiger partial charge in [0.2, 0.25) is 0 Å². The number of carboxylic acid groups (broad SMARTS) is 1. The summed E-state index contributed by atoms with van der Waals surface area (Å²) in [6.45, 7) is 2.33. The van der Waals surface area contributed by atoms with E-state index in [1.165, 1.54) is 0 Å². The molecule has 0 aliphatic rings. The van der Waals surface area contributed by atoms with E-state index < -0.39 is 12.0 Å². The van der Waals surface area contributed by atoms with Crippen LogP contribution in [0.3, 0.4) is 0 Å². The summed E-state index contributed by atoms with van der Waals surface area (Å²) >= 11 is 6.13. The van der Waals surface area contributed by atoms with E-state index in [9.17, 15) is 4.79 Å². The average molecular weight is 308 g/mol. The first-order valence-electron chi connectivity index (χ1n) is 6.91. The first-order chi connectivity index (χ1) is 10.1. The van der Waals surface area contributed by atoms with E-state index in [2.05, 4.69) is 5.32 Å². The maximum atomic E-state index is 11.1. The van der Waals surface area contributed by atoms with Gasteiger partial charge in [0.1, 0.15) is 17.6 Å². The second-order valence-corrected chi connectivity index (χ2v) is 5.21. The highest BCUT2D eigenvalue weighted by atomic mass is 35.5. The van der Waals surface area contributed by atoms with Crippen molar-refractivity contribution in [2.45, 2.75) is 32.4 Å². The molecule has 112 valence electrons. The number of benzene rings is 1. The van der Waals surface area contributed by atoms with Gasteiger partial charge in [0, 0.05) is 5.56 Å². The van der Waals surface area contributed by atoms with Crippen molar-refractivity contribution in [3.63, 3.8) is 0 Å². The molecule has 2 N–H and O–H groups in total. The molecule has 5 heteroatoms. The van der Waals surface area contributed by atoms with Gasteiger partial charge < -0.3 is 9.52 Å². The smallest absolute Gasteiger partial charge is 0.320 e. The maximum Gasteiger partial charge on any atom is 0.320 e. The quantitative estimate of drug-likeness (QED) is 0.813. The lowest BCUT2D eigenvalue weighted by molar-refractivity contribution is -0.139. The van der Waals surface area contributed by atoms with Gasteiger partial charge in [-0.25, -0.2) is 0 Å². The monoisotopic (exact) mass is 307 g/mol. The van der Waals surface area contributed by atoms with Gasteiger partial charge in [-0.1, -0.05) is 37.1 Å². The zero-order chi connectivity index (χ0) is 15.2. The Balaban J connectivity index is 2.04. The van der Waals surface area contributed by atoms with Crippen molar-refractivity contribution in [2.75, 3.05) is 0 Å². The minimum atomic E-state index is -0.838. The minimum Gasteiger partial charge on any atom is -0.480 e. The zero-order valence-electron chi connectivity index (χ0n) is 11.8. The SMILES string of the molecule is CCCC(NCc1ccc(-c2ccccc2Cl)o1)C(=O)O. The molecule has 1 heterocycles. The van der Waals surface area contributed by atoms with Gasteiger partial charge in [-0.3, -0.25) is 10.1 Å². The molecule has 21 heavy (non-hydrogen) atoms. The van der Waals surface area contributed by atoms with Crippen LogP contribution in [0, 0.1) is 0 Å². The average Bonchev–Trinajstić information content (AvgIpc) is 2.92. The third-order valence-corrected chi connectivity index (χ3v) is 3.53. The standard InChI is InChI=1S/C16H18ClNO3/c1-2-5-14(16(19)20)18-10-11-8-9-15(21-11)12-6-3-4-7-13(12)17/h3-4,6-9,14,18H,2,5,10H2,1H3,(H,19,20). The number of carbonyl (C=O) groups is 1. The Morgan fingerprint density at radius 3 is 2.76 bits per heavy atom. The highest BCUT2D eigenvalue weighted by molar-refractivity contribution is 6.33. The van der Waals surface area contributed by atoms with Crippen LogP contribution >= 0.6 is 11.6 Å². The normalized spacial score (nSPS) is 12.3. The summed E-state index contributed by atoms with van der Waals surface area (Å²) in [5, 5.41) is 12.7. The van der Waals surface area contributed by atoms with Gasteiger partial charge in [-0.15, -0.1) is 0 Å². The third kappa shape index (κ3) is 4.09. The first kappa shape index (κ1) is 15.6. The molecule has 0 radical (unpaired) electrons. The van der Waals surface area contributed by atoms with Crippen LogP contribution in [-0.4, -0.2) is 17.1 Å². The van der Waals surface area contributed by atoms with Crippen LogP contribution in [-0.2, 0) is 11.3 Å². The van der Waals surface area contributed by atoms with E-state index in [0.29, 0.717) is 29.5 Å². The summed E-state index contributed by atoms with van der Waals surface area (Å²) in [6, 6.07) is 10.6. The molecule has 4 nitrogen and oxygen atoms in total. The maximum absolute atomic E-state index is 11.1. The van der Waals surface area contributed by atoms with E-state index in [4.69, 9.17) is 21.1 Å². The van der Waals surface area contributed by atoms with E-state index in [1.807, 2.05) is 37.3 Å². The fraction of sp³-hybridized carbons (Fsp3) is 0.312. The molecular weight excluding hydrogens is 290 g/mol. The van der Waals surface area contributed by atoms with Crippen LogP contribution < -0.4 is 5.32 Å². The Morgan fingerprint density at radius 1 is 1.33 bits per heavy atom. The van der Waals surface area contributed by atoms with Crippen LogP contribution in [0.2, 0.25) is 5.02 Å². The van der Waals surface area contributed by atoms with Crippen molar-refractivity contribution in [2.24, 2.45) is 0 Å². The number of hydrogen-bond acceptors (Lipinski definition) is 3. The van der Waals surface area contributed by atoms with Crippen molar-refractivity contribution >= 4 is 17.6 Å². The lowest BCUT2D eigenvalue weighted by Gasteiger charge is -2.12. The Labute approximate surface area is 128 Å². The summed E-state index contributed by atoms with van der Waals surface area (Å²) in [4.78, 5) is 11.1. The Morgan fingerprint density at radius 2 is 2.10 bits per heavy atom. The fourth-order valence-corrected chi connectivity index (χ4v) is 2.33. The predicted octanol–water partition coefficient (Wildman–Crippen LogP) is 3.94.